The minimum absolute atomic E-state index is 0.466. The molecule has 8 nitrogen and oxygen atoms in total. The van der Waals surface area contributed by atoms with Gasteiger partial charge in [-0.15, -0.1) is 21.5 Å². The summed E-state index contributed by atoms with van der Waals surface area (Å²) in [6.07, 6.45) is 2.80. The molecule has 132 valence electrons. The molecular formula is C15H25N7OS. The van der Waals surface area contributed by atoms with Gasteiger partial charge in [-0.2, -0.15) is 0 Å². The summed E-state index contributed by atoms with van der Waals surface area (Å²) in [6, 6.07) is 0. The molecule has 0 bridgehead atoms. The highest BCUT2D eigenvalue weighted by atomic mass is 32.1. The van der Waals surface area contributed by atoms with Crippen molar-refractivity contribution in [3.63, 3.8) is 0 Å². The highest BCUT2D eigenvalue weighted by Crippen LogP contribution is 2.10. The first-order valence-corrected chi connectivity index (χ1v) is 8.69. The van der Waals surface area contributed by atoms with Crippen LogP contribution < -0.4 is 10.6 Å². The summed E-state index contributed by atoms with van der Waals surface area (Å²) < 4.78 is 7.01. The van der Waals surface area contributed by atoms with Crippen LogP contribution >= 0.6 is 11.3 Å². The highest BCUT2D eigenvalue weighted by molar-refractivity contribution is 7.11. The van der Waals surface area contributed by atoms with Gasteiger partial charge >= 0.3 is 0 Å². The van der Waals surface area contributed by atoms with Gasteiger partial charge in [0.15, 0.2) is 11.8 Å². The van der Waals surface area contributed by atoms with Crippen LogP contribution in [0.3, 0.4) is 0 Å². The molecule has 0 spiro atoms. The van der Waals surface area contributed by atoms with Gasteiger partial charge in [0.1, 0.15) is 17.4 Å². The lowest BCUT2D eigenvalue weighted by atomic mass is 10.4. The number of nitrogens with one attached hydrogen (secondary N) is 2. The van der Waals surface area contributed by atoms with Gasteiger partial charge in [-0.3, -0.25) is 0 Å². The number of guanidine groups is 1. The van der Waals surface area contributed by atoms with Crippen molar-refractivity contribution < 1.29 is 4.74 Å². The van der Waals surface area contributed by atoms with E-state index in [-0.39, 0.29) is 0 Å². The number of ether oxygens (including phenoxy) is 1. The van der Waals surface area contributed by atoms with Crippen molar-refractivity contribution in [2.24, 2.45) is 12.0 Å². The molecule has 0 radical (unpaired) electrons. The predicted octanol–water partition coefficient (Wildman–Crippen LogP) is 1.16. The summed E-state index contributed by atoms with van der Waals surface area (Å²) >= 11 is 1.68. The molecule has 0 aromatic carbocycles. The molecule has 0 saturated carbocycles. The molecular weight excluding hydrogens is 326 g/mol. The van der Waals surface area contributed by atoms with Crippen LogP contribution in [0.25, 0.3) is 0 Å². The minimum Gasteiger partial charge on any atom is -0.385 e. The van der Waals surface area contributed by atoms with Crippen LogP contribution in [-0.4, -0.2) is 46.0 Å². The molecule has 0 aliphatic carbocycles. The van der Waals surface area contributed by atoms with Crippen LogP contribution in [0.4, 0.5) is 0 Å². The summed E-state index contributed by atoms with van der Waals surface area (Å²) in [5.41, 5.74) is 0. The van der Waals surface area contributed by atoms with Crippen molar-refractivity contribution in [2.75, 3.05) is 20.3 Å². The first kappa shape index (κ1) is 18.3. The first-order chi connectivity index (χ1) is 11.6. The first-order valence-electron chi connectivity index (χ1n) is 7.87. The standard InChI is InChI=1S/C15H25N7OS/c1-11-8-17-14(24-11)10-19-15(16-6-5-7-23-4)18-9-13-21-20-12(2)22(13)3/h8H,5-7,9-10H2,1-4H3,(H2,16,18,19). The Balaban J connectivity index is 1.95. The highest BCUT2D eigenvalue weighted by Gasteiger charge is 2.06. The van der Waals surface area contributed by atoms with Crippen molar-refractivity contribution in [1.29, 1.82) is 0 Å². The van der Waals surface area contributed by atoms with E-state index in [9.17, 15) is 0 Å². The van der Waals surface area contributed by atoms with Gasteiger partial charge in [-0.25, -0.2) is 9.98 Å². The summed E-state index contributed by atoms with van der Waals surface area (Å²) in [5.74, 6) is 2.44. The number of hydrogen-bond donors (Lipinski definition) is 2. The van der Waals surface area contributed by atoms with Crippen LogP contribution in [-0.2, 0) is 24.9 Å². The maximum atomic E-state index is 5.07. The third-order valence-corrected chi connectivity index (χ3v) is 4.37. The fourth-order valence-electron chi connectivity index (χ4n) is 1.98. The number of aryl methyl sites for hydroxylation is 2. The molecule has 2 aromatic rings. The Morgan fingerprint density at radius 1 is 1.33 bits per heavy atom. The molecule has 2 aromatic heterocycles. The Labute approximate surface area is 146 Å². The summed E-state index contributed by atoms with van der Waals surface area (Å²) in [7, 11) is 3.64. The van der Waals surface area contributed by atoms with Crippen LogP contribution in [0.2, 0.25) is 0 Å². The molecule has 0 fully saturated rings. The van der Waals surface area contributed by atoms with E-state index in [1.807, 2.05) is 24.7 Å². The second kappa shape index (κ2) is 9.33. The topological polar surface area (TPSA) is 89.2 Å². The third-order valence-electron chi connectivity index (χ3n) is 3.46. The van der Waals surface area contributed by atoms with Gasteiger partial charge in [-0.1, -0.05) is 0 Å². The fourth-order valence-corrected chi connectivity index (χ4v) is 2.71. The van der Waals surface area contributed by atoms with Crippen LogP contribution in [0.5, 0.6) is 0 Å². The van der Waals surface area contributed by atoms with E-state index in [0.717, 1.165) is 35.6 Å². The lowest BCUT2D eigenvalue weighted by Gasteiger charge is -2.11. The van der Waals surface area contributed by atoms with E-state index in [0.29, 0.717) is 19.7 Å². The number of aromatic nitrogens is 4. The van der Waals surface area contributed by atoms with Crippen LogP contribution in [0.1, 0.15) is 28.0 Å². The monoisotopic (exact) mass is 351 g/mol. The van der Waals surface area contributed by atoms with Crippen molar-refractivity contribution >= 4 is 17.3 Å². The fraction of sp³-hybridized carbons (Fsp3) is 0.600. The van der Waals surface area contributed by atoms with Crippen molar-refractivity contribution in [3.05, 3.63) is 27.7 Å². The number of nitrogens with zero attached hydrogens (tertiary/aromatic N) is 5. The Hall–Kier alpha value is -2.00. The lowest BCUT2D eigenvalue weighted by molar-refractivity contribution is 0.195. The van der Waals surface area contributed by atoms with Crippen LogP contribution in [0.15, 0.2) is 11.2 Å². The molecule has 0 saturated heterocycles. The van der Waals surface area contributed by atoms with E-state index in [2.05, 4.69) is 37.7 Å². The zero-order valence-corrected chi connectivity index (χ0v) is 15.5. The molecule has 2 N–H and O–H groups in total. The van der Waals surface area contributed by atoms with Gasteiger partial charge in [0, 0.05) is 38.4 Å². The average Bonchev–Trinajstić information content (AvgIpc) is 3.13. The molecule has 2 heterocycles. The zero-order chi connectivity index (χ0) is 17.4. The molecule has 24 heavy (non-hydrogen) atoms. The molecule has 0 amide bonds. The van der Waals surface area contributed by atoms with Gasteiger partial charge in [0.2, 0.25) is 0 Å². The largest absolute Gasteiger partial charge is 0.385 e. The van der Waals surface area contributed by atoms with E-state index in [1.165, 1.54) is 4.88 Å². The smallest absolute Gasteiger partial charge is 0.192 e. The predicted molar refractivity (Wildman–Crippen MR) is 95.1 cm³/mol. The third kappa shape index (κ3) is 5.57. The number of methoxy groups -OCH3 is 1. The molecule has 0 aliphatic heterocycles. The number of hydrogen-bond acceptors (Lipinski definition) is 6. The molecule has 0 aliphatic rings. The van der Waals surface area contributed by atoms with Gasteiger partial charge in [0.25, 0.3) is 0 Å². The number of thiazole rings is 1. The minimum atomic E-state index is 0.466. The summed E-state index contributed by atoms with van der Waals surface area (Å²) in [5, 5.41) is 15.8. The molecule has 0 unspecified atom stereocenters. The van der Waals surface area contributed by atoms with E-state index >= 15 is 0 Å². The van der Waals surface area contributed by atoms with Gasteiger partial charge in [0.05, 0.1) is 6.54 Å². The maximum absolute atomic E-state index is 5.07. The lowest BCUT2D eigenvalue weighted by Crippen LogP contribution is -2.37. The Bertz CT molecular complexity index is 665. The summed E-state index contributed by atoms with van der Waals surface area (Å²) in [4.78, 5) is 10.2. The normalized spacial score (nSPS) is 11.8. The van der Waals surface area contributed by atoms with E-state index in [1.54, 1.807) is 18.4 Å². The molecule has 0 atom stereocenters. The van der Waals surface area contributed by atoms with Crippen LogP contribution in [0, 0.1) is 13.8 Å². The van der Waals surface area contributed by atoms with E-state index < -0.39 is 0 Å². The second-order valence-corrected chi connectivity index (χ2v) is 6.70. The number of rotatable bonds is 8. The quantitative estimate of drug-likeness (QED) is 0.421. The van der Waals surface area contributed by atoms with Gasteiger partial charge in [-0.05, 0) is 20.3 Å². The second-order valence-electron chi connectivity index (χ2n) is 5.38. The number of aliphatic imine (C=N–C) groups is 1. The Morgan fingerprint density at radius 3 is 2.79 bits per heavy atom. The maximum Gasteiger partial charge on any atom is 0.192 e. The Kier molecular flexibility index (Phi) is 7.13. The van der Waals surface area contributed by atoms with Crippen molar-refractivity contribution in [1.82, 2.24) is 30.4 Å². The van der Waals surface area contributed by atoms with Crippen molar-refractivity contribution in [2.45, 2.75) is 33.4 Å². The van der Waals surface area contributed by atoms with E-state index in [4.69, 9.17) is 4.74 Å². The SMILES string of the molecule is COCCCNC(=NCc1nnc(C)n1C)NCc1ncc(C)s1. The van der Waals surface area contributed by atoms with Gasteiger partial charge < -0.3 is 19.9 Å². The Morgan fingerprint density at radius 2 is 2.17 bits per heavy atom. The molecule has 2 rings (SSSR count). The zero-order valence-electron chi connectivity index (χ0n) is 14.7. The molecule has 9 heteroatoms. The average molecular weight is 351 g/mol. The van der Waals surface area contributed by atoms with Crippen molar-refractivity contribution in [3.8, 4) is 0 Å². The summed E-state index contributed by atoms with van der Waals surface area (Å²) in [6.45, 7) is 6.59.